The number of benzene rings is 1. The van der Waals surface area contributed by atoms with Crippen molar-refractivity contribution in [2.45, 2.75) is 64.8 Å². The molecule has 1 heterocycles. The smallest absolute Gasteiger partial charge is 0.258 e. The second-order valence-corrected chi connectivity index (χ2v) is 7.62. The van der Waals surface area contributed by atoms with Crippen molar-refractivity contribution in [1.82, 2.24) is 9.88 Å². The van der Waals surface area contributed by atoms with Gasteiger partial charge in [-0.25, -0.2) is 0 Å². The Labute approximate surface area is 155 Å². The highest BCUT2D eigenvalue weighted by atomic mass is 16.1. The zero-order valence-electron chi connectivity index (χ0n) is 16.0. The van der Waals surface area contributed by atoms with Crippen molar-refractivity contribution in [3.05, 3.63) is 46.4 Å². The maximum Gasteiger partial charge on any atom is 0.258 e. The Balaban J connectivity index is 1.82. The van der Waals surface area contributed by atoms with E-state index in [1.807, 2.05) is 37.4 Å². The van der Waals surface area contributed by atoms with Gasteiger partial charge in [0.05, 0.1) is 0 Å². The molecular weight excluding hydrogens is 324 g/mol. The minimum atomic E-state index is -0.0689. The van der Waals surface area contributed by atoms with Gasteiger partial charge in [0.1, 0.15) is 0 Å². The van der Waals surface area contributed by atoms with Crippen LogP contribution in [0.15, 0.2) is 35.3 Å². The number of hydrogen-bond acceptors (Lipinski definition) is 2. The van der Waals surface area contributed by atoms with Crippen LogP contribution >= 0.6 is 0 Å². The zero-order chi connectivity index (χ0) is 18.5. The molecule has 3 rings (SSSR count). The van der Waals surface area contributed by atoms with Crippen LogP contribution in [0.5, 0.6) is 0 Å². The fourth-order valence-electron chi connectivity index (χ4n) is 3.93. The van der Waals surface area contributed by atoms with Crippen molar-refractivity contribution in [2.75, 3.05) is 6.54 Å². The summed E-state index contributed by atoms with van der Waals surface area (Å²) in [5.74, 6) is 0.514. The first-order valence-corrected chi connectivity index (χ1v) is 10.0. The minimum Gasteiger partial charge on any atom is -0.352 e. The van der Waals surface area contributed by atoms with E-state index < -0.39 is 0 Å². The Morgan fingerprint density at radius 2 is 1.88 bits per heavy atom. The molecule has 0 spiro atoms. The molecule has 1 aromatic heterocycles. The molecule has 1 saturated carbocycles. The van der Waals surface area contributed by atoms with E-state index in [4.69, 9.17) is 0 Å². The number of nitrogens with one attached hydrogen (secondary N) is 1. The third-order valence-electron chi connectivity index (χ3n) is 5.81. The average Bonchev–Trinajstić information content (AvgIpc) is 2.94. The molecule has 0 aliphatic heterocycles. The van der Waals surface area contributed by atoms with E-state index in [0.717, 1.165) is 18.4 Å². The maximum atomic E-state index is 12.8. The van der Waals surface area contributed by atoms with Crippen LogP contribution in [-0.4, -0.2) is 17.0 Å². The maximum absolute atomic E-state index is 12.8. The van der Waals surface area contributed by atoms with E-state index in [2.05, 4.69) is 12.2 Å². The zero-order valence-corrected chi connectivity index (χ0v) is 16.0. The molecular formula is C22H30N2O2. The third kappa shape index (κ3) is 4.00. The highest BCUT2D eigenvalue weighted by Gasteiger charge is 2.16. The topological polar surface area (TPSA) is 51.1 Å². The monoisotopic (exact) mass is 354 g/mol. The summed E-state index contributed by atoms with van der Waals surface area (Å²) >= 11 is 0. The van der Waals surface area contributed by atoms with Gasteiger partial charge in [0.15, 0.2) is 0 Å². The number of hydrogen-bond donors (Lipinski definition) is 1. The summed E-state index contributed by atoms with van der Waals surface area (Å²) in [7, 11) is 0. The van der Waals surface area contributed by atoms with Crippen LogP contribution in [0.4, 0.5) is 0 Å². The van der Waals surface area contributed by atoms with Crippen molar-refractivity contribution in [3.8, 4) is 0 Å². The fraction of sp³-hybridized carbons (Fsp3) is 0.545. The van der Waals surface area contributed by atoms with Crippen LogP contribution < -0.4 is 10.9 Å². The molecule has 1 fully saturated rings. The number of carbonyl (C=O) groups is 1. The van der Waals surface area contributed by atoms with Gasteiger partial charge in [-0.05, 0) is 50.3 Å². The second kappa shape index (κ2) is 8.52. The van der Waals surface area contributed by atoms with Crippen molar-refractivity contribution >= 4 is 16.7 Å². The summed E-state index contributed by atoms with van der Waals surface area (Å²) in [6.45, 7) is 4.84. The summed E-state index contributed by atoms with van der Waals surface area (Å²) in [5, 5.41) is 4.47. The molecule has 140 valence electrons. The Hall–Kier alpha value is -2.10. The van der Waals surface area contributed by atoms with Gasteiger partial charge in [-0.3, -0.25) is 9.59 Å². The lowest BCUT2D eigenvalue weighted by Gasteiger charge is -2.16. The number of pyridine rings is 1. The van der Waals surface area contributed by atoms with E-state index in [1.165, 1.54) is 38.5 Å². The van der Waals surface area contributed by atoms with Gasteiger partial charge in [0.25, 0.3) is 11.5 Å². The molecule has 1 aliphatic carbocycles. The van der Waals surface area contributed by atoms with Gasteiger partial charge < -0.3 is 9.88 Å². The summed E-state index contributed by atoms with van der Waals surface area (Å²) in [5.41, 5.74) is 0.583. The number of rotatable bonds is 5. The highest BCUT2D eigenvalue weighted by molar-refractivity contribution is 6.06. The molecule has 1 N–H and O–H groups in total. The summed E-state index contributed by atoms with van der Waals surface area (Å²) < 4.78 is 1.76. The van der Waals surface area contributed by atoms with Crippen LogP contribution in [0.1, 0.15) is 75.2 Å². The van der Waals surface area contributed by atoms with Gasteiger partial charge in [-0.1, -0.05) is 38.7 Å². The van der Waals surface area contributed by atoms with Crippen molar-refractivity contribution in [1.29, 1.82) is 0 Å². The van der Waals surface area contributed by atoms with E-state index >= 15 is 0 Å². The van der Waals surface area contributed by atoms with Gasteiger partial charge >= 0.3 is 0 Å². The van der Waals surface area contributed by atoms with Crippen molar-refractivity contribution < 1.29 is 4.79 Å². The molecule has 0 saturated heterocycles. The number of amides is 1. The lowest BCUT2D eigenvalue weighted by Crippen LogP contribution is -2.30. The number of nitrogens with zero attached hydrogens (tertiary/aromatic N) is 1. The molecule has 0 bridgehead atoms. The van der Waals surface area contributed by atoms with Crippen LogP contribution in [0.25, 0.3) is 10.8 Å². The van der Waals surface area contributed by atoms with E-state index in [1.54, 1.807) is 4.57 Å². The molecule has 1 amide bonds. The Bertz CT molecular complexity index is 816. The molecule has 0 unspecified atom stereocenters. The van der Waals surface area contributed by atoms with Crippen LogP contribution in [0.2, 0.25) is 0 Å². The minimum absolute atomic E-state index is 0.0183. The van der Waals surface area contributed by atoms with E-state index in [9.17, 15) is 9.59 Å². The van der Waals surface area contributed by atoms with Crippen LogP contribution in [-0.2, 0) is 0 Å². The predicted octanol–water partition coefficient (Wildman–Crippen LogP) is 4.67. The molecule has 2 aromatic rings. The number of fused-ring (bicyclic) bond motifs is 1. The van der Waals surface area contributed by atoms with Crippen molar-refractivity contribution in [2.24, 2.45) is 5.92 Å². The molecule has 4 nitrogen and oxygen atoms in total. The Kier molecular flexibility index (Phi) is 6.12. The lowest BCUT2D eigenvalue weighted by molar-refractivity contribution is 0.0947. The molecule has 0 radical (unpaired) electrons. The lowest BCUT2D eigenvalue weighted by atomic mass is 10.00. The average molecular weight is 354 g/mol. The fourth-order valence-corrected chi connectivity index (χ4v) is 3.93. The van der Waals surface area contributed by atoms with Crippen molar-refractivity contribution in [3.63, 3.8) is 0 Å². The Morgan fingerprint density at radius 1 is 1.15 bits per heavy atom. The second-order valence-electron chi connectivity index (χ2n) is 7.62. The van der Waals surface area contributed by atoms with E-state index in [0.29, 0.717) is 16.9 Å². The largest absolute Gasteiger partial charge is 0.352 e. The third-order valence-corrected chi connectivity index (χ3v) is 5.81. The number of carbonyl (C=O) groups excluding carboxylic acids is 1. The molecule has 1 atom stereocenters. The summed E-state index contributed by atoms with van der Waals surface area (Å²) in [4.78, 5) is 25.5. The van der Waals surface area contributed by atoms with Gasteiger partial charge in [0, 0.05) is 35.1 Å². The van der Waals surface area contributed by atoms with Crippen LogP contribution in [0, 0.1) is 5.92 Å². The van der Waals surface area contributed by atoms with Crippen LogP contribution in [0.3, 0.4) is 0 Å². The first-order valence-electron chi connectivity index (χ1n) is 10.0. The predicted molar refractivity (Wildman–Crippen MR) is 107 cm³/mol. The van der Waals surface area contributed by atoms with E-state index in [-0.39, 0.29) is 17.5 Å². The highest BCUT2D eigenvalue weighted by Crippen LogP contribution is 2.23. The van der Waals surface area contributed by atoms with Gasteiger partial charge in [0.2, 0.25) is 0 Å². The molecule has 4 heteroatoms. The molecule has 1 aliphatic rings. The summed E-state index contributed by atoms with van der Waals surface area (Å²) in [6, 6.07) is 7.50. The summed E-state index contributed by atoms with van der Waals surface area (Å²) in [6.07, 6.45) is 10.3. The molecule has 26 heavy (non-hydrogen) atoms. The first kappa shape index (κ1) is 18.7. The first-order chi connectivity index (χ1) is 12.6. The van der Waals surface area contributed by atoms with Gasteiger partial charge in [-0.15, -0.1) is 0 Å². The SMILES string of the molecule is CC[C@@H](C)n1ccc2c(C(=O)NCC3CCCCCC3)cccc2c1=O. The standard InChI is InChI=1S/C22H30N2O2/c1-3-16(2)24-14-13-18-19(11-8-12-20(18)22(24)26)21(25)23-15-17-9-6-4-5-7-10-17/h8,11-14,16-17H,3-7,9-10,15H2,1-2H3,(H,23,25)/t16-/m1/s1. The molecule has 1 aromatic carbocycles. The van der Waals surface area contributed by atoms with Gasteiger partial charge in [-0.2, -0.15) is 0 Å². The normalized spacial score (nSPS) is 17.0. The Morgan fingerprint density at radius 3 is 2.58 bits per heavy atom. The number of aromatic nitrogens is 1. The quantitative estimate of drug-likeness (QED) is 0.793.